The molecule has 0 bridgehead atoms. The van der Waals surface area contributed by atoms with Crippen LogP contribution in [0.4, 0.5) is 10.5 Å². The first-order chi connectivity index (χ1) is 14.3. The fourth-order valence-corrected chi connectivity index (χ4v) is 4.12. The number of hydrogen-bond donors (Lipinski definition) is 2. The maximum atomic E-state index is 12.1. The molecule has 29 heavy (non-hydrogen) atoms. The van der Waals surface area contributed by atoms with Crippen LogP contribution >= 0.6 is 0 Å². The number of carbonyl (C=O) groups is 1. The molecule has 1 saturated carbocycles. The molecule has 1 saturated heterocycles. The van der Waals surface area contributed by atoms with Crippen molar-refractivity contribution in [1.82, 2.24) is 15.6 Å². The lowest BCUT2D eigenvalue weighted by Crippen LogP contribution is -2.38. The van der Waals surface area contributed by atoms with E-state index in [1.165, 1.54) is 18.5 Å². The third-order valence-electron chi connectivity index (χ3n) is 5.80. The number of nitrogens with zero attached hydrogens (tertiary/aromatic N) is 2. The summed E-state index contributed by atoms with van der Waals surface area (Å²) < 4.78 is 5.88. The third-order valence-corrected chi connectivity index (χ3v) is 5.80. The van der Waals surface area contributed by atoms with Crippen LogP contribution < -0.4 is 20.3 Å². The Balaban J connectivity index is 1.15. The van der Waals surface area contributed by atoms with E-state index < -0.39 is 0 Å². The van der Waals surface area contributed by atoms with Gasteiger partial charge in [-0.25, -0.2) is 9.78 Å². The zero-order chi connectivity index (χ0) is 19.9. The minimum absolute atomic E-state index is 0.130. The second-order valence-electron chi connectivity index (χ2n) is 8.03. The maximum absolute atomic E-state index is 12.1. The van der Waals surface area contributed by atoms with Crippen molar-refractivity contribution < 1.29 is 9.53 Å². The second-order valence-corrected chi connectivity index (χ2v) is 8.03. The molecule has 0 spiro atoms. The highest BCUT2D eigenvalue weighted by molar-refractivity contribution is 5.73. The zero-order valence-electron chi connectivity index (χ0n) is 16.8. The van der Waals surface area contributed by atoms with Crippen LogP contribution in [0.5, 0.6) is 5.88 Å². The minimum Gasteiger partial charge on any atom is -0.474 e. The number of nitrogens with one attached hydrogen (secondary N) is 2. The Morgan fingerprint density at radius 1 is 1.07 bits per heavy atom. The monoisotopic (exact) mass is 394 g/mol. The van der Waals surface area contributed by atoms with Gasteiger partial charge in [0.15, 0.2) is 0 Å². The molecule has 2 aliphatic rings. The molecule has 1 aliphatic heterocycles. The van der Waals surface area contributed by atoms with Gasteiger partial charge in [0.2, 0.25) is 5.88 Å². The van der Waals surface area contributed by atoms with Crippen LogP contribution in [-0.2, 0) is 6.54 Å². The van der Waals surface area contributed by atoms with Crippen LogP contribution in [-0.4, -0.2) is 36.8 Å². The van der Waals surface area contributed by atoms with Crippen molar-refractivity contribution in [3.05, 3.63) is 54.2 Å². The molecule has 2 heterocycles. The van der Waals surface area contributed by atoms with E-state index in [0.29, 0.717) is 31.0 Å². The summed E-state index contributed by atoms with van der Waals surface area (Å²) in [5.41, 5.74) is 2.22. The summed E-state index contributed by atoms with van der Waals surface area (Å²) in [7, 11) is 0. The summed E-state index contributed by atoms with van der Waals surface area (Å²) in [4.78, 5) is 18.9. The molecule has 0 radical (unpaired) electrons. The molecule has 1 aromatic carbocycles. The van der Waals surface area contributed by atoms with Crippen molar-refractivity contribution in [1.29, 1.82) is 0 Å². The third kappa shape index (κ3) is 5.62. The van der Waals surface area contributed by atoms with Gasteiger partial charge in [-0.05, 0) is 55.7 Å². The van der Waals surface area contributed by atoms with E-state index in [9.17, 15) is 4.79 Å². The quantitative estimate of drug-likeness (QED) is 0.751. The Morgan fingerprint density at radius 2 is 1.90 bits per heavy atom. The number of urea groups is 1. The zero-order valence-corrected chi connectivity index (χ0v) is 16.8. The molecule has 2 aromatic rings. The number of rotatable bonds is 7. The van der Waals surface area contributed by atoms with Gasteiger partial charge in [0.05, 0.1) is 0 Å². The van der Waals surface area contributed by atoms with Crippen LogP contribution in [0.1, 0.15) is 37.7 Å². The number of ether oxygens (including phenoxy) is 1. The van der Waals surface area contributed by atoms with E-state index in [1.54, 1.807) is 6.20 Å². The van der Waals surface area contributed by atoms with Crippen LogP contribution in [0, 0.1) is 5.92 Å². The van der Waals surface area contributed by atoms with Gasteiger partial charge in [0.25, 0.3) is 0 Å². The van der Waals surface area contributed by atoms with Crippen LogP contribution in [0.15, 0.2) is 48.7 Å². The molecule has 2 fully saturated rings. The Kier molecular flexibility index (Phi) is 6.49. The first-order valence-electron chi connectivity index (χ1n) is 10.7. The first kappa shape index (κ1) is 19.6. The summed E-state index contributed by atoms with van der Waals surface area (Å²) in [6.45, 7) is 3.18. The lowest BCUT2D eigenvalue weighted by molar-refractivity contribution is 0.201. The number of hydrogen-bond acceptors (Lipinski definition) is 4. The van der Waals surface area contributed by atoms with Crippen molar-refractivity contribution in [2.24, 2.45) is 5.92 Å². The van der Waals surface area contributed by atoms with E-state index in [2.05, 4.69) is 44.8 Å². The van der Waals surface area contributed by atoms with Crippen LogP contribution in [0.3, 0.4) is 0 Å². The average Bonchev–Trinajstić information content (AvgIpc) is 3.45. The number of para-hydroxylation sites is 1. The SMILES string of the molecule is O=C(NCc1ccc(OC2CCCC2)nc1)NCC1CCN(c2ccccc2)C1. The molecule has 6 nitrogen and oxygen atoms in total. The Bertz CT molecular complexity index is 775. The summed E-state index contributed by atoms with van der Waals surface area (Å²) in [5.74, 6) is 1.16. The second kappa shape index (κ2) is 9.63. The van der Waals surface area contributed by atoms with E-state index in [-0.39, 0.29) is 6.03 Å². The van der Waals surface area contributed by atoms with Gasteiger partial charge in [-0.2, -0.15) is 0 Å². The predicted octanol–water partition coefficient (Wildman–Crippen LogP) is 3.73. The molecule has 1 aliphatic carbocycles. The Hall–Kier alpha value is -2.76. The van der Waals surface area contributed by atoms with Gasteiger partial charge in [0, 0.05) is 44.1 Å². The summed E-state index contributed by atoms with van der Waals surface area (Å²) in [6, 6.07) is 14.2. The van der Waals surface area contributed by atoms with E-state index in [0.717, 1.165) is 37.9 Å². The highest BCUT2D eigenvalue weighted by atomic mass is 16.5. The molecule has 6 heteroatoms. The summed E-state index contributed by atoms with van der Waals surface area (Å²) in [6.07, 6.45) is 7.91. The van der Waals surface area contributed by atoms with Crippen molar-refractivity contribution in [3.63, 3.8) is 0 Å². The van der Waals surface area contributed by atoms with Gasteiger partial charge in [-0.3, -0.25) is 0 Å². The summed E-state index contributed by atoms with van der Waals surface area (Å²) in [5, 5.41) is 5.92. The van der Waals surface area contributed by atoms with Crippen molar-refractivity contribution in [2.75, 3.05) is 24.5 Å². The summed E-state index contributed by atoms with van der Waals surface area (Å²) >= 11 is 0. The molecule has 4 rings (SSSR count). The topological polar surface area (TPSA) is 66.5 Å². The highest BCUT2D eigenvalue weighted by Gasteiger charge is 2.23. The Morgan fingerprint density at radius 3 is 2.66 bits per heavy atom. The molecular weight excluding hydrogens is 364 g/mol. The van der Waals surface area contributed by atoms with E-state index in [1.807, 2.05) is 18.2 Å². The Labute approximate surface area is 172 Å². The first-order valence-corrected chi connectivity index (χ1v) is 10.7. The standard InChI is InChI=1S/C23H30N4O2/c28-23(26-16-19-12-13-27(17-19)20-6-2-1-3-7-20)25-15-18-10-11-22(24-14-18)29-21-8-4-5-9-21/h1-3,6-7,10-11,14,19,21H,4-5,8-9,12-13,15-17H2,(H2,25,26,28). The number of anilines is 1. The number of carbonyl (C=O) groups excluding carboxylic acids is 1. The van der Waals surface area contributed by atoms with Crippen LogP contribution in [0.25, 0.3) is 0 Å². The molecule has 1 atom stereocenters. The lowest BCUT2D eigenvalue weighted by atomic mass is 10.1. The van der Waals surface area contributed by atoms with Gasteiger partial charge >= 0.3 is 6.03 Å². The minimum atomic E-state index is -0.130. The highest BCUT2D eigenvalue weighted by Crippen LogP contribution is 2.23. The number of pyridine rings is 1. The van der Waals surface area contributed by atoms with Crippen LogP contribution in [0.2, 0.25) is 0 Å². The normalized spacial score (nSPS) is 19.3. The smallest absolute Gasteiger partial charge is 0.315 e. The van der Waals surface area contributed by atoms with Gasteiger partial charge in [0.1, 0.15) is 6.10 Å². The number of benzene rings is 1. The largest absolute Gasteiger partial charge is 0.474 e. The molecule has 2 amide bonds. The lowest BCUT2D eigenvalue weighted by Gasteiger charge is -2.18. The fourth-order valence-electron chi connectivity index (χ4n) is 4.12. The predicted molar refractivity (Wildman–Crippen MR) is 114 cm³/mol. The van der Waals surface area contributed by atoms with Crippen molar-refractivity contribution in [3.8, 4) is 5.88 Å². The van der Waals surface area contributed by atoms with Gasteiger partial charge in [-0.15, -0.1) is 0 Å². The van der Waals surface area contributed by atoms with E-state index >= 15 is 0 Å². The number of amides is 2. The van der Waals surface area contributed by atoms with Gasteiger partial charge < -0.3 is 20.3 Å². The molecule has 1 aromatic heterocycles. The molecule has 154 valence electrons. The molecule has 2 N–H and O–H groups in total. The van der Waals surface area contributed by atoms with E-state index in [4.69, 9.17) is 4.74 Å². The average molecular weight is 395 g/mol. The molecule has 1 unspecified atom stereocenters. The van der Waals surface area contributed by atoms with Crippen molar-refractivity contribution in [2.45, 2.75) is 44.8 Å². The molecular formula is C23H30N4O2. The number of aromatic nitrogens is 1. The van der Waals surface area contributed by atoms with Gasteiger partial charge in [-0.1, -0.05) is 24.3 Å². The maximum Gasteiger partial charge on any atom is 0.315 e. The van der Waals surface area contributed by atoms with Crippen molar-refractivity contribution >= 4 is 11.7 Å². The fraction of sp³-hybridized carbons (Fsp3) is 0.478.